The van der Waals surface area contributed by atoms with Crippen LogP contribution in [0.4, 0.5) is 14.9 Å². The lowest BCUT2D eigenvalue weighted by atomic mass is 10.3. The van der Waals surface area contributed by atoms with Crippen molar-refractivity contribution in [1.82, 2.24) is 15.1 Å². The number of anilines is 1. The van der Waals surface area contributed by atoms with Gasteiger partial charge in [-0.2, -0.15) is 5.10 Å². The van der Waals surface area contributed by atoms with Crippen LogP contribution in [-0.2, 0) is 6.54 Å². The van der Waals surface area contributed by atoms with Crippen LogP contribution in [0.1, 0.15) is 6.42 Å². The van der Waals surface area contributed by atoms with Gasteiger partial charge < -0.3 is 10.6 Å². The van der Waals surface area contributed by atoms with Crippen molar-refractivity contribution in [3.8, 4) is 0 Å². The molecule has 0 bridgehead atoms. The smallest absolute Gasteiger partial charge is 0.319 e. The first-order valence-corrected chi connectivity index (χ1v) is 6.50. The summed E-state index contributed by atoms with van der Waals surface area (Å²) >= 11 is 5.74. The molecular formula is C13H14ClFN4O. The fraction of sp³-hybridized carbons (Fsp3) is 0.231. The first kappa shape index (κ1) is 14.3. The number of benzene rings is 1. The van der Waals surface area contributed by atoms with Crippen LogP contribution in [0.3, 0.4) is 0 Å². The third-order valence-corrected chi connectivity index (χ3v) is 2.82. The quantitative estimate of drug-likeness (QED) is 0.834. The number of nitrogens with zero attached hydrogens (tertiary/aromatic N) is 2. The van der Waals surface area contributed by atoms with Gasteiger partial charge in [-0.15, -0.1) is 0 Å². The summed E-state index contributed by atoms with van der Waals surface area (Å²) in [4.78, 5) is 11.6. The molecule has 0 aliphatic rings. The van der Waals surface area contributed by atoms with Crippen molar-refractivity contribution in [1.29, 1.82) is 0 Å². The second-order valence-electron chi connectivity index (χ2n) is 4.13. The summed E-state index contributed by atoms with van der Waals surface area (Å²) in [5.41, 5.74) is 0.0575. The summed E-state index contributed by atoms with van der Waals surface area (Å²) in [6, 6.07) is 5.36. The van der Waals surface area contributed by atoms with Gasteiger partial charge in [-0.3, -0.25) is 4.68 Å². The molecular weight excluding hydrogens is 283 g/mol. The number of hydrogen-bond donors (Lipinski definition) is 2. The van der Waals surface area contributed by atoms with E-state index in [0.717, 1.165) is 6.42 Å². The van der Waals surface area contributed by atoms with E-state index in [4.69, 9.17) is 11.6 Å². The second-order valence-corrected chi connectivity index (χ2v) is 4.56. The Hall–Kier alpha value is -2.08. The predicted octanol–water partition coefficient (Wildman–Crippen LogP) is 2.89. The van der Waals surface area contributed by atoms with E-state index in [1.54, 1.807) is 10.9 Å². The van der Waals surface area contributed by atoms with Crippen LogP contribution in [-0.4, -0.2) is 22.4 Å². The van der Waals surface area contributed by atoms with Crippen LogP contribution in [0.2, 0.25) is 5.02 Å². The molecule has 0 saturated carbocycles. The molecule has 0 saturated heterocycles. The van der Waals surface area contributed by atoms with Gasteiger partial charge in [0.05, 0.1) is 5.69 Å². The monoisotopic (exact) mass is 296 g/mol. The van der Waals surface area contributed by atoms with Crippen molar-refractivity contribution in [3.63, 3.8) is 0 Å². The molecule has 0 radical (unpaired) electrons. The third kappa shape index (κ3) is 4.24. The van der Waals surface area contributed by atoms with Crippen molar-refractivity contribution in [2.45, 2.75) is 13.0 Å². The summed E-state index contributed by atoms with van der Waals surface area (Å²) in [6.07, 6.45) is 4.27. The van der Waals surface area contributed by atoms with Crippen molar-refractivity contribution < 1.29 is 9.18 Å². The Bertz CT molecular complexity index is 574. The topological polar surface area (TPSA) is 59.0 Å². The molecule has 2 rings (SSSR count). The summed E-state index contributed by atoms with van der Waals surface area (Å²) in [7, 11) is 0. The Morgan fingerprint density at radius 2 is 2.30 bits per heavy atom. The minimum atomic E-state index is -0.527. The first-order chi connectivity index (χ1) is 9.65. The lowest BCUT2D eigenvalue weighted by Crippen LogP contribution is -2.30. The van der Waals surface area contributed by atoms with Gasteiger partial charge in [0.15, 0.2) is 0 Å². The standard InChI is InChI=1S/C13H14ClFN4O/c14-10-3-4-11(15)12(9-10)18-13(20)16-5-1-7-19-8-2-6-17-19/h2-4,6,8-9H,1,5,7H2,(H2,16,18,20). The zero-order valence-electron chi connectivity index (χ0n) is 10.6. The average molecular weight is 297 g/mol. The zero-order chi connectivity index (χ0) is 14.4. The van der Waals surface area contributed by atoms with Gasteiger partial charge in [0.1, 0.15) is 5.82 Å². The largest absolute Gasteiger partial charge is 0.338 e. The minimum Gasteiger partial charge on any atom is -0.338 e. The van der Waals surface area contributed by atoms with Crippen LogP contribution < -0.4 is 10.6 Å². The molecule has 20 heavy (non-hydrogen) atoms. The first-order valence-electron chi connectivity index (χ1n) is 6.12. The number of hydrogen-bond acceptors (Lipinski definition) is 2. The highest BCUT2D eigenvalue weighted by Gasteiger charge is 2.06. The van der Waals surface area contributed by atoms with E-state index in [-0.39, 0.29) is 5.69 Å². The van der Waals surface area contributed by atoms with Crippen molar-refractivity contribution >= 4 is 23.3 Å². The van der Waals surface area contributed by atoms with Crippen LogP contribution in [0.25, 0.3) is 0 Å². The number of carbonyl (C=O) groups excluding carboxylic acids is 1. The van der Waals surface area contributed by atoms with E-state index in [2.05, 4.69) is 15.7 Å². The van der Waals surface area contributed by atoms with E-state index in [1.165, 1.54) is 18.2 Å². The Morgan fingerprint density at radius 1 is 1.45 bits per heavy atom. The highest BCUT2D eigenvalue weighted by molar-refractivity contribution is 6.30. The third-order valence-electron chi connectivity index (χ3n) is 2.59. The predicted molar refractivity (Wildman–Crippen MR) is 75.3 cm³/mol. The van der Waals surface area contributed by atoms with Crippen LogP contribution in [0, 0.1) is 5.82 Å². The Balaban J connectivity index is 1.73. The van der Waals surface area contributed by atoms with Crippen LogP contribution in [0.5, 0.6) is 0 Å². The molecule has 106 valence electrons. The molecule has 0 aliphatic heterocycles. The number of nitrogens with one attached hydrogen (secondary N) is 2. The van der Waals surface area contributed by atoms with Crippen molar-refractivity contribution in [2.75, 3.05) is 11.9 Å². The number of aryl methyl sites for hydroxylation is 1. The summed E-state index contributed by atoms with van der Waals surface area (Å²) in [5.74, 6) is -0.527. The van der Waals surface area contributed by atoms with Crippen molar-refractivity contribution in [3.05, 3.63) is 47.5 Å². The van der Waals surface area contributed by atoms with E-state index >= 15 is 0 Å². The Labute approximate surface area is 120 Å². The SMILES string of the molecule is O=C(NCCCn1cccn1)Nc1cc(Cl)ccc1F. The lowest BCUT2D eigenvalue weighted by molar-refractivity contribution is 0.251. The van der Waals surface area contributed by atoms with E-state index in [0.29, 0.717) is 18.1 Å². The molecule has 2 N–H and O–H groups in total. The second kappa shape index (κ2) is 6.91. The zero-order valence-corrected chi connectivity index (χ0v) is 11.4. The number of carbonyl (C=O) groups is 1. The normalized spacial score (nSPS) is 10.3. The number of aromatic nitrogens is 2. The Kier molecular flexibility index (Phi) is 4.95. The van der Waals surface area contributed by atoms with Crippen molar-refractivity contribution in [2.24, 2.45) is 0 Å². The molecule has 1 heterocycles. The minimum absolute atomic E-state index is 0.0575. The van der Waals surface area contributed by atoms with Gasteiger partial charge in [0.2, 0.25) is 0 Å². The fourth-order valence-electron chi connectivity index (χ4n) is 1.64. The van der Waals surface area contributed by atoms with Crippen LogP contribution in [0.15, 0.2) is 36.7 Å². The molecule has 0 unspecified atom stereocenters. The highest BCUT2D eigenvalue weighted by Crippen LogP contribution is 2.19. The molecule has 2 amide bonds. The van der Waals surface area contributed by atoms with Gasteiger partial charge in [-0.1, -0.05) is 11.6 Å². The van der Waals surface area contributed by atoms with Crippen LogP contribution >= 0.6 is 11.6 Å². The molecule has 1 aromatic heterocycles. The van der Waals surface area contributed by atoms with E-state index in [9.17, 15) is 9.18 Å². The molecule has 2 aromatic rings. The van der Waals surface area contributed by atoms with Gasteiger partial charge >= 0.3 is 6.03 Å². The number of halogens is 2. The number of urea groups is 1. The van der Waals surface area contributed by atoms with Gasteiger partial charge in [-0.25, -0.2) is 9.18 Å². The molecule has 5 nitrogen and oxygen atoms in total. The van der Waals surface area contributed by atoms with E-state index < -0.39 is 11.8 Å². The average Bonchev–Trinajstić information content (AvgIpc) is 2.92. The highest BCUT2D eigenvalue weighted by atomic mass is 35.5. The molecule has 1 aromatic carbocycles. The summed E-state index contributed by atoms with van der Waals surface area (Å²) in [6.45, 7) is 1.17. The molecule has 7 heteroatoms. The van der Waals surface area contributed by atoms with Gasteiger partial charge in [-0.05, 0) is 30.7 Å². The fourth-order valence-corrected chi connectivity index (χ4v) is 1.81. The summed E-state index contributed by atoms with van der Waals surface area (Å²) < 4.78 is 15.2. The summed E-state index contributed by atoms with van der Waals surface area (Å²) in [5, 5.41) is 9.46. The molecule has 0 atom stereocenters. The maximum Gasteiger partial charge on any atom is 0.319 e. The van der Waals surface area contributed by atoms with Gasteiger partial charge in [0, 0.05) is 30.5 Å². The lowest BCUT2D eigenvalue weighted by Gasteiger charge is -2.08. The maximum absolute atomic E-state index is 13.4. The molecule has 0 spiro atoms. The Morgan fingerprint density at radius 3 is 3.05 bits per heavy atom. The number of amides is 2. The molecule has 0 fully saturated rings. The van der Waals surface area contributed by atoms with Gasteiger partial charge in [0.25, 0.3) is 0 Å². The number of rotatable bonds is 5. The van der Waals surface area contributed by atoms with E-state index in [1.807, 2.05) is 12.3 Å². The maximum atomic E-state index is 13.4. The molecule has 0 aliphatic carbocycles.